The number of carbonyl (C=O) groups excluding carboxylic acids is 1. The molecular formula is C36H29N5O5. The Bertz CT molecular complexity index is 2300. The smallest absolute Gasteiger partial charge is 0.249 e. The van der Waals surface area contributed by atoms with E-state index in [1.807, 2.05) is 45.2 Å². The van der Waals surface area contributed by atoms with Crippen LogP contribution in [0.1, 0.15) is 55.2 Å². The minimum atomic E-state index is -0.962. The predicted molar refractivity (Wildman–Crippen MR) is 169 cm³/mol. The van der Waals surface area contributed by atoms with E-state index in [1.54, 1.807) is 12.3 Å². The van der Waals surface area contributed by atoms with Gasteiger partial charge in [0.05, 0.1) is 11.7 Å². The van der Waals surface area contributed by atoms with Crippen LogP contribution in [-0.2, 0) is 16.6 Å². The van der Waals surface area contributed by atoms with Crippen molar-refractivity contribution in [2.45, 2.75) is 44.9 Å². The van der Waals surface area contributed by atoms with Crippen LogP contribution >= 0.6 is 0 Å². The molecule has 0 saturated heterocycles. The molecule has 0 aliphatic carbocycles. The van der Waals surface area contributed by atoms with Crippen molar-refractivity contribution in [2.75, 3.05) is 5.32 Å². The number of aromatic nitrogens is 3. The number of para-hydroxylation sites is 1. The van der Waals surface area contributed by atoms with Crippen LogP contribution in [0.2, 0.25) is 0 Å². The minimum absolute atomic E-state index is 0.0157. The van der Waals surface area contributed by atoms with E-state index in [-0.39, 0.29) is 29.4 Å². The number of hydrogen-bond acceptors (Lipinski definition) is 8. The summed E-state index contributed by atoms with van der Waals surface area (Å²) in [6, 6.07) is 15.6. The second kappa shape index (κ2) is 8.60. The molecule has 1 amide bonds. The number of phenolic OH excluding ortho intramolecular Hbond substituents is 1. The average Bonchev–Trinajstić information content (AvgIpc) is 3.85. The van der Waals surface area contributed by atoms with Crippen LogP contribution in [0.4, 0.5) is 5.69 Å². The number of phenols is 1. The van der Waals surface area contributed by atoms with Crippen LogP contribution in [0.5, 0.6) is 11.5 Å². The third-order valence-corrected chi connectivity index (χ3v) is 10.2. The maximum absolute atomic E-state index is 13.5. The number of amides is 1. The number of carbonyl (C=O) groups is 1. The van der Waals surface area contributed by atoms with Crippen molar-refractivity contribution in [1.82, 2.24) is 20.3 Å². The molecule has 6 aromatic rings. The van der Waals surface area contributed by atoms with E-state index < -0.39 is 17.7 Å². The van der Waals surface area contributed by atoms with Gasteiger partial charge in [0.25, 0.3) is 0 Å². The van der Waals surface area contributed by atoms with E-state index in [0.717, 1.165) is 50.2 Å². The summed E-state index contributed by atoms with van der Waals surface area (Å²) in [6.45, 7) is 6.03. The van der Waals surface area contributed by atoms with Gasteiger partial charge >= 0.3 is 0 Å². The van der Waals surface area contributed by atoms with Gasteiger partial charge < -0.3 is 34.3 Å². The molecule has 3 aromatic heterocycles. The quantitative estimate of drug-likeness (QED) is 0.162. The predicted octanol–water partition coefficient (Wildman–Crippen LogP) is 6.65. The first-order valence-corrected chi connectivity index (χ1v) is 15.6. The van der Waals surface area contributed by atoms with Crippen molar-refractivity contribution in [3.05, 3.63) is 89.3 Å². The molecule has 228 valence electrons. The van der Waals surface area contributed by atoms with Gasteiger partial charge in [-0.2, -0.15) is 0 Å². The number of rotatable bonds is 1. The Kier molecular flexibility index (Phi) is 4.82. The second-order valence-corrected chi connectivity index (χ2v) is 13.2. The van der Waals surface area contributed by atoms with Crippen LogP contribution in [0.25, 0.3) is 44.9 Å². The van der Waals surface area contributed by atoms with E-state index in [9.17, 15) is 9.90 Å². The van der Waals surface area contributed by atoms with Crippen molar-refractivity contribution in [3.63, 3.8) is 0 Å². The highest BCUT2D eigenvalue weighted by Crippen LogP contribution is 2.61. The summed E-state index contributed by atoms with van der Waals surface area (Å²) in [7, 11) is 0. The molecule has 10 nitrogen and oxygen atoms in total. The lowest BCUT2D eigenvalue weighted by Crippen LogP contribution is -2.40. The molecule has 7 heterocycles. The lowest BCUT2D eigenvalue weighted by atomic mass is 9.72. The molecule has 2 unspecified atom stereocenters. The van der Waals surface area contributed by atoms with Crippen LogP contribution in [-0.4, -0.2) is 32.2 Å². The largest absolute Gasteiger partial charge is 0.506 e. The monoisotopic (exact) mass is 611 g/mol. The van der Waals surface area contributed by atoms with Crippen LogP contribution in [0.15, 0.2) is 69.8 Å². The Labute approximate surface area is 262 Å². The number of ether oxygens (including phenoxy) is 1. The normalized spacial score (nSPS) is 23.3. The fourth-order valence-corrected chi connectivity index (χ4v) is 7.95. The molecule has 10 heteroatoms. The fraction of sp³-hybridized carbons (Fsp3) is 0.250. The molecule has 4 N–H and O–H groups in total. The summed E-state index contributed by atoms with van der Waals surface area (Å²) < 4.78 is 20.3. The SMILES string of the molecule is CC(C)C1NC(=O)[C@@H](C)Cc2ccc3c(c2)[C@]24c5cccc(c5NC2O3)-c2ccc(O)c3[nH]cc(c23)-c2cnc(o2)-c2nc1oc24. The zero-order chi connectivity index (χ0) is 31.1. The number of nitrogens with one attached hydrogen (secondary N) is 3. The van der Waals surface area contributed by atoms with Crippen molar-refractivity contribution in [3.8, 4) is 45.5 Å². The Hall–Kier alpha value is -5.51. The molecule has 0 radical (unpaired) electrons. The van der Waals surface area contributed by atoms with Gasteiger partial charge in [-0.3, -0.25) is 4.79 Å². The van der Waals surface area contributed by atoms with E-state index in [4.69, 9.17) is 23.5 Å². The highest BCUT2D eigenvalue weighted by atomic mass is 16.5. The molecule has 1 spiro atoms. The van der Waals surface area contributed by atoms with Crippen molar-refractivity contribution < 1.29 is 23.5 Å². The molecule has 10 bridgehead atoms. The Morgan fingerprint density at radius 3 is 2.78 bits per heavy atom. The first-order chi connectivity index (χ1) is 22.3. The van der Waals surface area contributed by atoms with E-state index in [0.29, 0.717) is 35.0 Å². The molecule has 3 aromatic carbocycles. The highest BCUT2D eigenvalue weighted by Gasteiger charge is 2.61. The number of fused-ring (bicyclic) bond motifs is 7. The van der Waals surface area contributed by atoms with E-state index in [2.05, 4.69) is 39.9 Å². The highest BCUT2D eigenvalue weighted by molar-refractivity contribution is 6.09. The molecule has 0 fully saturated rings. The first-order valence-electron chi connectivity index (χ1n) is 15.6. The molecule has 4 aliphatic heterocycles. The van der Waals surface area contributed by atoms with Gasteiger partial charge in [-0.05, 0) is 41.7 Å². The summed E-state index contributed by atoms with van der Waals surface area (Å²) in [5.41, 5.74) is 6.54. The summed E-state index contributed by atoms with van der Waals surface area (Å²) in [5, 5.41) is 18.7. The van der Waals surface area contributed by atoms with Gasteiger partial charge in [0, 0.05) is 45.4 Å². The molecule has 46 heavy (non-hydrogen) atoms. The molecule has 10 rings (SSSR count). The lowest BCUT2D eigenvalue weighted by Gasteiger charge is -2.28. The average molecular weight is 612 g/mol. The number of aromatic amines is 1. The summed E-state index contributed by atoms with van der Waals surface area (Å²) >= 11 is 0. The minimum Gasteiger partial charge on any atom is -0.506 e. The van der Waals surface area contributed by atoms with Gasteiger partial charge in [0.15, 0.2) is 23.4 Å². The molecule has 4 aliphatic rings. The zero-order valence-electron chi connectivity index (χ0n) is 25.3. The number of H-pyrrole nitrogens is 1. The first kappa shape index (κ1) is 25.8. The molecule has 4 atom stereocenters. The lowest BCUT2D eigenvalue weighted by molar-refractivity contribution is -0.125. The maximum Gasteiger partial charge on any atom is 0.249 e. The van der Waals surface area contributed by atoms with Crippen molar-refractivity contribution in [2.24, 2.45) is 11.8 Å². The Balaban J connectivity index is 1.39. The van der Waals surface area contributed by atoms with E-state index in [1.165, 1.54) is 0 Å². The number of benzene rings is 3. The number of oxazole rings is 2. The zero-order valence-corrected chi connectivity index (χ0v) is 25.3. The topological polar surface area (TPSA) is 138 Å². The third-order valence-electron chi connectivity index (χ3n) is 10.2. The molecule has 0 saturated carbocycles. The second-order valence-electron chi connectivity index (χ2n) is 13.2. The third kappa shape index (κ3) is 3.08. The van der Waals surface area contributed by atoms with Gasteiger partial charge in [0.2, 0.25) is 17.7 Å². The van der Waals surface area contributed by atoms with Gasteiger partial charge in [-0.1, -0.05) is 51.1 Å². The van der Waals surface area contributed by atoms with Gasteiger partial charge in [0.1, 0.15) is 23.0 Å². The van der Waals surface area contributed by atoms with Crippen molar-refractivity contribution >= 4 is 22.5 Å². The van der Waals surface area contributed by atoms with Gasteiger partial charge in [-0.15, -0.1) is 0 Å². The standard InChI is InChI=1S/C36H29N5O5/c1-15(2)27-34-40-30-31(46-34)36-21-6-4-5-19(18-8-9-23(42)29-26(18)20(13-37-29)25-14-38-33(30)44-25)28(21)41-35(36)45-24-10-7-17(12-22(24)36)11-16(3)32(43)39-27/h4-10,12-16,27,35,37,41-42H,11H2,1-3H3,(H,39,43)/t16-,27?,35?,36-/m0/s1. The van der Waals surface area contributed by atoms with Crippen LogP contribution in [0, 0.1) is 11.8 Å². The summed E-state index contributed by atoms with van der Waals surface area (Å²) in [4.78, 5) is 26.6. The Morgan fingerprint density at radius 1 is 1.02 bits per heavy atom. The number of hydrogen-bond donors (Lipinski definition) is 4. The molecular weight excluding hydrogens is 582 g/mol. The fourth-order valence-electron chi connectivity index (χ4n) is 7.95. The van der Waals surface area contributed by atoms with Crippen LogP contribution < -0.4 is 15.4 Å². The van der Waals surface area contributed by atoms with Crippen molar-refractivity contribution in [1.29, 1.82) is 0 Å². The Morgan fingerprint density at radius 2 is 1.91 bits per heavy atom. The number of aromatic hydroxyl groups is 1. The van der Waals surface area contributed by atoms with Crippen LogP contribution in [0.3, 0.4) is 0 Å². The van der Waals surface area contributed by atoms with Gasteiger partial charge in [-0.25, -0.2) is 9.97 Å². The van der Waals surface area contributed by atoms with E-state index >= 15 is 0 Å². The number of anilines is 1. The number of nitrogens with zero attached hydrogens (tertiary/aromatic N) is 2. The summed E-state index contributed by atoms with van der Waals surface area (Å²) in [6.07, 6.45) is 3.50. The summed E-state index contributed by atoms with van der Waals surface area (Å²) in [5.74, 6) is 2.24. The maximum atomic E-state index is 13.5.